The van der Waals surface area contributed by atoms with Gasteiger partial charge < -0.3 is 4.90 Å². The molecule has 2 heterocycles. The number of nitrogens with zero attached hydrogens (tertiary/aromatic N) is 1. The van der Waals surface area contributed by atoms with E-state index in [1.165, 1.54) is 9.75 Å². The topological polar surface area (TPSA) is 49.4 Å². The van der Waals surface area contributed by atoms with Crippen molar-refractivity contribution in [1.29, 1.82) is 0 Å². The lowest BCUT2D eigenvalue weighted by Gasteiger charge is -2.23. The van der Waals surface area contributed by atoms with E-state index in [0.717, 1.165) is 12.8 Å². The number of carbonyl (C=O) groups excluding carboxylic acids is 1. The highest BCUT2D eigenvalue weighted by atomic mass is 32.2. The quantitative estimate of drug-likeness (QED) is 0.872. The Labute approximate surface area is 133 Å². The van der Waals surface area contributed by atoms with Crippen LogP contribution >= 0.6 is 11.3 Å². The summed E-state index contributed by atoms with van der Waals surface area (Å²) in [5.74, 6) is 0.797. The molecule has 118 valence electrons. The maximum absolute atomic E-state index is 12.7. The molecule has 4 nitrogen and oxygen atoms in total. The Bertz CT molecular complexity index is 544. The largest absolute Gasteiger partial charge is 0.320 e. The summed E-state index contributed by atoms with van der Waals surface area (Å²) < 4.78 is 11.2. The normalized spacial score (nSPS) is 27.3. The van der Waals surface area contributed by atoms with Crippen LogP contribution in [0.2, 0.25) is 0 Å². The van der Waals surface area contributed by atoms with Gasteiger partial charge in [-0.05, 0) is 38.8 Å². The highest BCUT2D eigenvalue weighted by molar-refractivity contribution is 7.84. The summed E-state index contributed by atoms with van der Waals surface area (Å²) >= 11 is 1.73. The summed E-state index contributed by atoms with van der Waals surface area (Å²) in [6, 6.07) is 4.18. The SMILES string of the molecule is CCC1(C)NC(c2ccc(C)s2)N(CCCS(C)=O)C1=O. The molecule has 0 aliphatic carbocycles. The standard InChI is InChI=1S/C15H24N2O2S2/c1-5-15(3)14(18)17(9-6-10-21(4)19)13(16-15)12-8-7-11(2)20-12/h7-8,13,16H,5-6,9-10H2,1-4H3. The van der Waals surface area contributed by atoms with Crippen LogP contribution in [0.3, 0.4) is 0 Å². The van der Waals surface area contributed by atoms with Crippen molar-refractivity contribution < 1.29 is 9.00 Å². The van der Waals surface area contributed by atoms with Crippen LogP contribution in [0.1, 0.15) is 42.6 Å². The highest BCUT2D eigenvalue weighted by Crippen LogP contribution is 2.35. The molecule has 1 aromatic heterocycles. The Morgan fingerprint density at radius 1 is 1.48 bits per heavy atom. The molecule has 3 unspecified atom stereocenters. The maximum Gasteiger partial charge on any atom is 0.244 e. The molecular formula is C15H24N2O2S2. The minimum atomic E-state index is -0.805. The second kappa shape index (κ2) is 6.58. The summed E-state index contributed by atoms with van der Waals surface area (Å²) in [5.41, 5.74) is -0.492. The number of thiophene rings is 1. The Morgan fingerprint density at radius 2 is 2.19 bits per heavy atom. The third-order valence-electron chi connectivity index (χ3n) is 4.07. The molecule has 0 radical (unpaired) electrons. The molecule has 21 heavy (non-hydrogen) atoms. The predicted molar refractivity (Wildman–Crippen MR) is 88.9 cm³/mol. The zero-order valence-corrected chi connectivity index (χ0v) is 14.8. The van der Waals surface area contributed by atoms with Crippen molar-refractivity contribution in [3.05, 3.63) is 21.9 Å². The fourth-order valence-corrected chi connectivity index (χ4v) is 4.10. The first-order chi connectivity index (χ1) is 9.87. The van der Waals surface area contributed by atoms with Gasteiger partial charge in [-0.15, -0.1) is 11.3 Å². The van der Waals surface area contributed by atoms with E-state index in [4.69, 9.17) is 0 Å². The Morgan fingerprint density at radius 3 is 2.71 bits per heavy atom. The number of hydrogen-bond donors (Lipinski definition) is 1. The van der Waals surface area contributed by atoms with Crippen LogP contribution < -0.4 is 5.32 Å². The summed E-state index contributed by atoms with van der Waals surface area (Å²) in [6.07, 6.45) is 3.20. The van der Waals surface area contributed by atoms with Crippen LogP contribution in [-0.4, -0.2) is 39.1 Å². The van der Waals surface area contributed by atoms with Gasteiger partial charge in [-0.25, -0.2) is 0 Å². The highest BCUT2D eigenvalue weighted by Gasteiger charge is 2.47. The Balaban J connectivity index is 2.19. The van der Waals surface area contributed by atoms with Crippen LogP contribution in [-0.2, 0) is 15.6 Å². The molecule has 1 aliphatic rings. The average Bonchev–Trinajstić information content (AvgIpc) is 2.95. The number of carbonyl (C=O) groups is 1. The molecule has 2 rings (SSSR count). The smallest absolute Gasteiger partial charge is 0.244 e. The summed E-state index contributed by atoms with van der Waals surface area (Å²) in [4.78, 5) is 17.1. The van der Waals surface area contributed by atoms with E-state index in [-0.39, 0.29) is 12.1 Å². The zero-order chi connectivity index (χ0) is 15.6. The van der Waals surface area contributed by atoms with E-state index in [2.05, 4.69) is 24.4 Å². The molecule has 0 aromatic carbocycles. The minimum absolute atomic E-state index is 0.0496. The third-order valence-corrected chi connectivity index (χ3v) is 5.99. The molecule has 1 N–H and O–H groups in total. The first kappa shape index (κ1) is 16.6. The molecule has 0 saturated carbocycles. The van der Waals surface area contributed by atoms with Crippen LogP contribution in [0.25, 0.3) is 0 Å². The number of hydrogen-bond acceptors (Lipinski definition) is 4. The minimum Gasteiger partial charge on any atom is -0.320 e. The van der Waals surface area contributed by atoms with Crippen molar-refractivity contribution >= 4 is 28.0 Å². The van der Waals surface area contributed by atoms with Gasteiger partial charge >= 0.3 is 0 Å². The maximum atomic E-state index is 12.7. The fourth-order valence-electron chi connectivity index (χ4n) is 2.62. The van der Waals surface area contributed by atoms with Gasteiger partial charge in [0.15, 0.2) is 0 Å². The van der Waals surface area contributed by atoms with Gasteiger partial charge in [0.25, 0.3) is 0 Å². The summed E-state index contributed by atoms with van der Waals surface area (Å²) in [6.45, 7) is 6.74. The lowest BCUT2D eigenvalue weighted by atomic mass is 9.99. The summed E-state index contributed by atoms with van der Waals surface area (Å²) in [7, 11) is -0.805. The zero-order valence-electron chi connectivity index (χ0n) is 13.1. The van der Waals surface area contributed by atoms with Gasteiger partial charge in [0, 0.05) is 39.1 Å². The van der Waals surface area contributed by atoms with Crippen molar-refractivity contribution in [1.82, 2.24) is 10.2 Å². The molecular weight excluding hydrogens is 304 g/mol. The van der Waals surface area contributed by atoms with Crippen molar-refractivity contribution in [2.45, 2.75) is 45.3 Å². The van der Waals surface area contributed by atoms with Gasteiger partial charge in [-0.1, -0.05) is 6.92 Å². The van der Waals surface area contributed by atoms with Crippen molar-refractivity contribution in [2.75, 3.05) is 18.6 Å². The first-order valence-corrected chi connectivity index (χ1v) is 9.87. The van der Waals surface area contributed by atoms with E-state index < -0.39 is 16.3 Å². The molecule has 3 atom stereocenters. The van der Waals surface area contributed by atoms with E-state index in [1.807, 2.05) is 18.7 Å². The Hall–Kier alpha value is -0.720. The van der Waals surface area contributed by atoms with E-state index in [9.17, 15) is 9.00 Å². The van der Waals surface area contributed by atoms with Gasteiger partial charge in [0.05, 0.1) is 5.54 Å². The molecule has 1 aromatic rings. The van der Waals surface area contributed by atoms with E-state index >= 15 is 0 Å². The molecule has 6 heteroatoms. The van der Waals surface area contributed by atoms with Gasteiger partial charge in [0.1, 0.15) is 6.17 Å². The van der Waals surface area contributed by atoms with Crippen molar-refractivity contribution in [2.24, 2.45) is 0 Å². The van der Waals surface area contributed by atoms with Crippen LogP contribution in [0.15, 0.2) is 12.1 Å². The average molecular weight is 329 g/mol. The van der Waals surface area contributed by atoms with Crippen LogP contribution in [0, 0.1) is 6.92 Å². The molecule has 1 aliphatic heterocycles. The summed E-state index contributed by atoms with van der Waals surface area (Å²) in [5, 5.41) is 3.50. The van der Waals surface area contributed by atoms with Crippen LogP contribution in [0.5, 0.6) is 0 Å². The lowest BCUT2D eigenvalue weighted by Crippen LogP contribution is -2.43. The van der Waals surface area contributed by atoms with E-state index in [1.54, 1.807) is 17.6 Å². The molecule has 1 amide bonds. The number of nitrogens with one attached hydrogen (secondary N) is 1. The van der Waals surface area contributed by atoms with E-state index in [0.29, 0.717) is 12.3 Å². The predicted octanol–water partition coefficient (Wildman–Crippen LogP) is 2.42. The molecule has 1 fully saturated rings. The number of amides is 1. The number of rotatable bonds is 6. The third kappa shape index (κ3) is 3.55. The number of aryl methyl sites for hydroxylation is 1. The molecule has 0 bridgehead atoms. The first-order valence-electron chi connectivity index (χ1n) is 7.32. The second-order valence-corrected chi connectivity index (χ2v) is 8.68. The van der Waals surface area contributed by atoms with Gasteiger partial charge in [-0.3, -0.25) is 14.3 Å². The van der Waals surface area contributed by atoms with Gasteiger partial charge in [-0.2, -0.15) is 0 Å². The van der Waals surface area contributed by atoms with Crippen molar-refractivity contribution in [3.8, 4) is 0 Å². The Kier molecular flexibility index (Phi) is 5.22. The molecule has 0 spiro atoms. The lowest BCUT2D eigenvalue weighted by molar-refractivity contribution is -0.133. The van der Waals surface area contributed by atoms with Crippen molar-refractivity contribution in [3.63, 3.8) is 0 Å². The van der Waals surface area contributed by atoms with Crippen LogP contribution in [0.4, 0.5) is 0 Å². The molecule has 1 saturated heterocycles. The second-order valence-electron chi connectivity index (χ2n) is 5.81. The monoisotopic (exact) mass is 328 g/mol. The fraction of sp³-hybridized carbons (Fsp3) is 0.667. The van der Waals surface area contributed by atoms with Gasteiger partial charge in [0.2, 0.25) is 5.91 Å².